The van der Waals surface area contributed by atoms with Gasteiger partial charge in [-0.2, -0.15) is 5.10 Å². The van der Waals surface area contributed by atoms with E-state index >= 15 is 0 Å². The van der Waals surface area contributed by atoms with Gasteiger partial charge in [-0.1, -0.05) is 6.42 Å². The largest absolute Gasteiger partial charge is 0.396 e. The van der Waals surface area contributed by atoms with E-state index in [1.807, 2.05) is 25.4 Å². The molecule has 5 rings (SSSR count). The van der Waals surface area contributed by atoms with Gasteiger partial charge in [0.15, 0.2) is 0 Å². The van der Waals surface area contributed by atoms with Gasteiger partial charge in [0.25, 0.3) is 0 Å². The Labute approximate surface area is 191 Å². The van der Waals surface area contributed by atoms with Crippen LogP contribution in [0.1, 0.15) is 19.3 Å². The first-order valence-corrected chi connectivity index (χ1v) is 12.4. The number of nitrogens with zero attached hydrogens (tertiary/aromatic N) is 5. The lowest BCUT2D eigenvalue weighted by Crippen LogP contribution is -2.23. The zero-order valence-corrected chi connectivity index (χ0v) is 19.1. The summed E-state index contributed by atoms with van der Waals surface area (Å²) in [6.07, 6.45) is 8.31. The second-order valence-corrected chi connectivity index (χ2v) is 10.6. The summed E-state index contributed by atoms with van der Waals surface area (Å²) in [5.74, 6) is 0.437. The molecule has 0 bridgehead atoms. The number of anilines is 2. The molecule has 9 nitrogen and oxygen atoms in total. The third-order valence-corrected chi connectivity index (χ3v) is 8.83. The summed E-state index contributed by atoms with van der Waals surface area (Å²) in [7, 11) is 0.736. The lowest BCUT2D eigenvalue weighted by atomic mass is 10.0. The Morgan fingerprint density at radius 3 is 2.72 bits per heavy atom. The highest BCUT2D eigenvalue weighted by Crippen LogP contribution is 2.44. The zero-order valence-electron chi connectivity index (χ0n) is 17.5. The van der Waals surface area contributed by atoms with Crippen molar-refractivity contribution in [1.82, 2.24) is 24.7 Å². The summed E-state index contributed by atoms with van der Waals surface area (Å²) in [4.78, 5) is 14.2. The Bertz CT molecular complexity index is 1300. The lowest BCUT2D eigenvalue weighted by molar-refractivity contribution is 0.311. The summed E-state index contributed by atoms with van der Waals surface area (Å²) >= 11 is 1.40. The molecule has 4 heterocycles. The van der Waals surface area contributed by atoms with E-state index in [0.29, 0.717) is 28.1 Å². The van der Waals surface area contributed by atoms with Gasteiger partial charge in [-0.3, -0.25) is 8.89 Å². The predicted molar refractivity (Wildman–Crippen MR) is 127 cm³/mol. The molecule has 4 aromatic rings. The third-order valence-electron chi connectivity index (χ3n) is 5.53. The van der Waals surface area contributed by atoms with Crippen LogP contribution < -0.4 is 11.1 Å². The molecule has 0 spiro atoms. The standard InChI is InChI=1S/C21H23N7O2S2/c1-28-7-5-15(27-28)14-9-16(12-10-24-21(25-11-12)23-6-8-29)26-19-17(14)18(22)20(31-19)32(30)13-3-2-4-13/h5,7,9-11,13,29H,2-4,6,8,22H2,1H3,(H,23,24,25). The fourth-order valence-electron chi connectivity index (χ4n) is 3.61. The van der Waals surface area contributed by atoms with Crippen molar-refractivity contribution in [3.63, 3.8) is 0 Å². The van der Waals surface area contributed by atoms with Crippen molar-refractivity contribution < 1.29 is 9.32 Å². The number of pyridine rings is 1. The molecule has 4 N–H and O–H groups in total. The molecule has 1 fully saturated rings. The molecule has 1 atom stereocenters. The van der Waals surface area contributed by atoms with Crippen molar-refractivity contribution in [3.05, 3.63) is 30.7 Å². The van der Waals surface area contributed by atoms with Gasteiger partial charge in [0.1, 0.15) is 9.04 Å². The number of aliphatic hydroxyl groups is 1. The Kier molecular flexibility index (Phi) is 5.62. The Morgan fingerprint density at radius 1 is 1.31 bits per heavy atom. The van der Waals surface area contributed by atoms with Gasteiger partial charge >= 0.3 is 0 Å². The van der Waals surface area contributed by atoms with Crippen LogP contribution in [-0.2, 0) is 17.8 Å². The maximum atomic E-state index is 13.1. The van der Waals surface area contributed by atoms with Crippen LogP contribution in [0.2, 0.25) is 0 Å². The minimum atomic E-state index is -1.13. The number of nitrogens with two attached hydrogens (primary N) is 1. The van der Waals surface area contributed by atoms with Crippen molar-refractivity contribution in [2.45, 2.75) is 28.7 Å². The first-order valence-electron chi connectivity index (χ1n) is 10.4. The molecule has 0 saturated heterocycles. The van der Waals surface area contributed by atoms with Crippen LogP contribution in [0, 0.1) is 0 Å². The van der Waals surface area contributed by atoms with Crippen LogP contribution in [0.15, 0.2) is 34.9 Å². The van der Waals surface area contributed by atoms with Gasteiger partial charge < -0.3 is 16.2 Å². The van der Waals surface area contributed by atoms with Crippen molar-refractivity contribution in [1.29, 1.82) is 0 Å². The summed E-state index contributed by atoms with van der Waals surface area (Å²) in [5.41, 5.74) is 10.1. The van der Waals surface area contributed by atoms with E-state index in [1.54, 1.807) is 17.1 Å². The Morgan fingerprint density at radius 2 is 2.09 bits per heavy atom. The highest BCUT2D eigenvalue weighted by molar-refractivity contribution is 7.88. The highest BCUT2D eigenvalue weighted by Gasteiger charge is 2.29. The van der Waals surface area contributed by atoms with Crippen LogP contribution in [0.4, 0.5) is 11.6 Å². The molecule has 4 aromatic heterocycles. The number of hydrogen-bond donors (Lipinski definition) is 3. The summed E-state index contributed by atoms with van der Waals surface area (Å²) < 4.78 is 15.5. The Hall–Kier alpha value is -2.89. The maximum absolute atomic E-state index is 13.1. The van der Waals surface area contributed by atoms with E-state index < -0.39 is 10.8 Å². The number of aliphatic hydroxyl groups excluding tert-OH is 1. The van der Waals surface area contributed by atoms with E-state index in [4.69, 9.17) is 15.8 Å². The number of nitrogens with one attached hydrogen (secondary N) is 1. The molecule has 11 heteroatoms. The van der Waals surface area contributed by atoms with E-state index in [1.165, 1.54) is 11.3 Å². The van der Waals surface area contributed by atoms with Gasteiger partial charge in [-0.15, -0.1) is 11.3 Å². The molecular weight excluding hydrogens is 446 g/mol. The molecule has 0 radical (unpaired) electrons. The van der Waals surface area contributed by atoms with Crippen LogP contribution in [0.5, 0.6) is 0 Å². The van der Waals surface area contributed by atoms with Crippen molar-refractivity contribution in [2.75, 3.05) is 24.2 Å². The number of fused-ring (bicyclic) bond motifs is 1. The molecular formula is C21H23N7O2S2. The topological polar surface area (TPSA) is 132 Å². The fourth-order valence-corrected chi connectivity index (χ4v) is 6.82. The van der Waals surface area contributed by atoms with E-state index in [2.05, 4.69) is 20.4 Å². The minimum Gasteiger partial charge on any atom is -0.396 e. The first-order chi connectivity index (χ1) is 15.5. The minimum absolute atomic E-state index is 0.00112. The zero-order chi connectivity index (χ0) is 22.2. The number of aryl methyl sites for hydroxylation is 1. The molecule has 32 heavy (non-hydrogen) atoms. The van der Waals surface area contributed by atoms with E-state index in [0.717, 1.165) is 46.3 Å². The van der Waals surface area contributed by atoms with Crippen LogP contribution in [0.3, 0.4) is 0 Å². The highest BCUT2D eigenvalue weighted by atomic mass is 32.2. The maximum Gasteiger partial charge on any atom is 0.222 e. The number of thiophene rings is 1. The number of rotatable bonds is 7. The van der Waals surface area contributed by atoms with Crippen LogP contribution >= 0.6 is 11.3 Å². The average molecular weight is 470 g/mol. The van der Waals surface area contributed by atoms with Crippen molar-refractivity contribution in [2.24, 2.45) is 7.05 Å². The molecule has 1 unspecified atom stereocenters. The van der Waals surface area contributed by atoms with Gasteiger partial charge in [-0.05, 0) is 25.0 Å². The van der Waals surface area contributed by atoms with Gasteiger partial charge in [-0.25, -0.2) is 15.0 Å². The second kappa shape index (κ2) is 8.57. The normalized spacial score (nSPS) is 15.1. The molecule has 166 valence electrons. The number of nitrogen functional groups attached to an aromatic ring is 1. The van der Waals surface area contributed by atoms with E-state index in [9.17, 15) is 4.21 Å². The van der Waals surface area contributed by atoms with Crippen molar-refractivity contribution in [3.8, 4) is 22.5 Å². The first kappa shape index (κ1) is 21.0. The van der Waals surface area contributed by atoms with Crippen LogP contribution in [0.25, 0.3) is 32.7 Å². The van der Waals surface area contributed by atoms with Gasteiger partial charge in [0.05, 0.1) is 34.5 Å². The quantitative estimate of drug-likeness (QED) is 0.376. The molecule has 0 aliphatic heterocycles. The lowest BCUT2D eigenvalue weighted by Gasteiger charge is -2.23. The summed E-state index contributed by atoms with van der Waals surface area (Å²) in [5, 5.41) is 17.4. The molecule has 1 aliphatic carbocycles. The molecule has 1 saturated carbocycles. The van der Waals surface area contributed by atoms with E-state index in [-0.39, 0.29) is 11.9 Å². The van der Waals surface area contributed by atoms with Gasteiger partial charge in [0.2, 0.25) is 5.95 Å². The van der Waals surface area contributed by atoms with Crippen LogP contribution in [-0.4, -0.2) is 52.4 Å². The predicted octanol–water partition coefficient (Wildman–Crippen LogP) is 2.80. The summed E-state index contributed by atoms with van der Waals surface area (Å²) in [6, 6.07) is 3.86. The second-order valence-electron chi connectivity index (χ2n) is 7.71. The Balaban J connectivity index is 1.64. The van der Waals surface area contributed by atoms with Crippen molar-refractivity contribution >= 4 is 44.0 Å². The molecule has 0 amide bonds. The fraction of sp³-hybridized carbons (Fsp3) is 0.333. The third kappa shape index (κ3) is 3.76. The summed E-state index contributed by atoms with van der Waals surface area (Å²) in [6.45, 7) is 0.379. The SMILES string of the molecule is Cn1ccc(-c2cc(-c3cnc(NCCO)nc3)nc3sc(S(=O)C4CCC4)c(N)c23)n1. The average Bonchev–Trinajstić information content (AvgIpc) is 3.34. The molecule has 0 aromatic carbocycles. The number of aromatic nitrogens is 5. The smallest absolute Gasteiger partial charge is 0.222 e. The van der Waals surface area contributed by atoms with Gasteiger partial charge in [0, 0.05) is 53.9 Å². The number of hydrogen-bond acceptors (Lipinski definition) is 9. The monoisotopic (exact) mass is 469 g/mol. The molecule has 1 aliphatic rings.